The first-order valence-corrected chi connectivity index (χ1v) is 15.2. The predicted octanol–water partition coefficient (Wildman–Crippen LogP) is 4.35. The third kappa shape index (κ3) is 6.64. The van der Waals surface area contributed by atoms with Gasteiger partial charge in [0.05, 0.1) is 15.5 Å². The molecule has 1 amide bonds. The highest BCUT2D eigenvalue weighted by Crippen LogP contribution is 2.28. The van der Waals surface area contributed by atoms with E-state index >= 15 is 0 Å². The summed E-state index contributed by atoms with van der Waals surface area (Å²) in [4.78, 5) is 21.1. The molecule has 12 heteroatoms. The van der Waals surface area contributed by atoms with Crippen LogP contribution < -0.4 is 14.3 Å². The molecule has 0 unspecified atom stereocenters. The lowest BCUT2D eigenvalue weighted by atomic mass is 10.1. The van der Waals surface area contributed by atoms with Crippen molar-refractivity contribution in [1.82, 2.24) is 9.97 Å². The molecule has 0 saturated heterocycles. The Morgan fingerprint density at radius 2 is 1.43 bits per heavy atom. The minimum atomic E-state index is -4.08. The molecule has 0 atom stereocenters. The molecule has 3 aromatic carbocycles. The molecule has 0 saturated carbocycles. The molecule has 2 N–H and O–H groups in total. The van der Waals surface area contributed by atoms with Crippen LogP contribution in [0.15, 0.2) is 88.8 Å². The normalized spacial score (nSPS) is 11.6. The fourth-order valence-electron chi connectivity index (χ4n) is 3.85. The maximum absolute atomic E-state index is 13.7. The first-order valence-electron chi connectivity index (χ1n) is 12.2. The highest BCUT2D eigenvalue weighted by atomic mass is 32.2. The molecule has 0 spiro atoms. The van der Waals surface area contributed by atoms with E-state index in [4.69, 9.17) is 0 Å². The van der Waals surface area contributed by atoms with Gasteiger partial charge in [0.1, 0.15) is 6.54 Å². The van der Waals surface area contributed by atoms with E-state index in [1.807, 2.05) is 19.9 Å². The number of nitrogens with zero attached hydrogens (tertiary/aromatic N) is 3. The van der Waals surface area contributed by atoms with E-state index in [1.54, 1.807) is 44.2 Å². The topological polar surface area (TPSA) is 138 Å². The zero-order valence-corrected chi connectivity index (χ0v) is 24.0. The molecule has 0 fully saturated rings. The molecule has 0 radical (unpaired) electrons. The summed E-state index contributed by atoms with van der Waals surface area (Å²) in [5, 5.41) is 2.66. The SMILES string of the molecule is Cc1ccc(S(=O)(=O)N(CC(=O)Nc2ccc(S(=O)(=O)Nc3nccc(C)n3)cc2)c2cc(C)ccc2C)cc1. The van der Waals surface area contributed by atoms with E-state index in [9.17, 15) is 21.6 Å². The van der Waals surface area contributed by atoms with E-state index < -0.39 is 32.5 Å². The average Bonchev–Trinajstić information content (AvgIpc) is 2.89. The number of sulfonamides is 2. The first kappa shape index (κ1) is 28.7. The van der Waals surface area contributed by atoms with Gasteiger partial charge in [0, 0.05) is 17.6 Å². The van der Waals surface area contributed by atoms with Gasteiger partial charge in [-0.15, -0.1) is 0 Å². The Morgan fingerprint density at radius 3 is 2.08 bits per heavy atom. The molecular formula is C28H29N5O5S2. The van der Waals surface area contributed by atoms with Crippen LogP contribution in [-0.4, -0.2) is 39.3 Å². The second kappa shape index (κ2) is 11.4. The second-order valence-electron chi connectivity index (χ2n) is 9.31. The van der Waals surface area contributed by atoms with E-state index in [2.05, 4.69) is 20.0 Å². The highest BCUT2D eigenvalue weighted by molar-refractivity contribution is 7.93. The second-order valence-corrected chi connectivity index (χ2v) is 12.9. The molecule has 0 bridgehead atoms. The molecular weight excluding hydrogens is 550 g/mol. The van der Waals surface area contributed by atoms with Gasteiger partial charge in [-0.2, -0.15) is 0 Å². The highest BCUT2D eigenvalue weighted by Gasteiger charge is 2.28. The van der Waals surface area contributed by atoms with Gasteiger partial charge in [0.25, 0.3) is 20.0 Å². The van der Waals surface area contributed by atoms with Gasteiger partial charge >= 0.3 is 0 Å². The fourth-order valence-corrected chi connectivity index (χ4v) is 6.28. The number of amides is 1. The lowest BCUT2D eigenvalue weighted by molar-refractivity contribution is -0.114. The van der Waals surface area contributed by atoms with Crippen molar-refractivity contribution < 1.29 is 21.6 Å². The molecule has 4 rings (SSSR count). The molecule has 4 aromatic rings. The van der Waals surface area contributed by atoms with Crippen LogP contribution in [0.3, 0.4) is 0 Å². The minimum Gasteiger partial charge on any atom is -0.325 e. The summed E-state index contributed by atoms with van der Waals surface area (Å²) in [5.41, 5.74) is 3.72. The Bertz CT molecular complexity index is 1760. The summed E-state index contributed by atoms with van der Waals surface area (Å²) in [6.45, 7) is 6.70. The minimum absolute atomic E-state index is 0.0568. The smallest absolute Gasteiger partial charge is 0.264 e. The molecule has 0 aliphatic rings. The Kier molecular flexibility index (Phi) is 8.21. The van der Waals surface area contributed by atoms with E-state index in [1.165, 1.54) is 42.6 Å². The van der Waals surface area contributed by atoms with Gasteiger partial charge in [0.2, 0.25) is 11.9 Å². The lowest BCUT2D eigenvalue weighted by Crippen LogP contribution is -2.38. The lowest BCUT2D eigenvalue weighted by Gasteiger charge is -2.26. The first-order chi connectivity index (χ1) is 18.8. The zero-order chi connectivity index (χ0) is 29.1. The number of benzene rings is 3. The largest absolute Gasteiger partial charge is 0.325 e. The van der Waals surface area contributed by atoms with Crippen molar-refractivity contribution in [2.24, 2.45) is 0 Å². The van der Waals surface area contributed by atoms with Crippen LogP contribution in [-0.2, 0) is 24.8 Å². The van der Waals surface area contributed by atoms with Crippen molar-refractivity contribution >= 4 is 43.3 Å². The van der Waals surface area contributed by atoms with Crippen molar-refractivity contribution in [2.45, 2.75) is 37.5 Å². The van der Waals surface area contributed by atoms with Gasteiger partial charge < -0.3 is 5.32 Å². The van der Waals surface area contributed by atoms with E-state index in [0.29, 0.717) is 22.6 Å². The van der Waals surface area contributed by atoms with Crippen molar-refractivity contribution in [1.29, 1.82) is 0 Å². The van der Waals surface area contributed by atoms with Crippen LogP contribution in [0.2, 0.25) is 0 Å². The van der Waals surface area contributed by atoms with Crippen LogP contribution in [0, 0.1) is 27.7 Å². The molecule has 1 heterocycles. The van der Waals surface area contributed by atoms with Gasteiger partial charge in [-0.3, -0.25) is 9.10 Å². The van der Waals surface area contributed by atoms with Crippen molar-refractivity contribution in [2.75, 3.05) is 20.9 Å². The number of anilines is 3. The Labute approximate surface area is 234 Å². The number of aromatic nitrogens is 2. The standard InChI is InChI=1S/C28H29N5O5S2/c1-19-6-11-25(12-7-19)40(37,38)33(26-17-20(2)5-8-21(26)3)18-27(34)31-23-9-13-24(14-10-23)39(35,36)32-28-29-16-15-22(4)30-28/h5-17H,18H2,1-4H3,(H,31,34)(H,29,30,32). The molecule has 208 valence electrons. The number of carbonyl (C=O) groups excluding carboxylic acids is 1. The number of hydrogen-bond acceptors (Lipinski definition) is 7. The fraction of sp³-hybridized carbons (Fsp3) is 0.179. The Hall–Kier alpha value is -4.29. The monoisotopic (exact) mass is 579 g/mol. The van der Waals surface area contributed by atoms with Crippen LogP contribution in [0.5, 0.6) is 0 Å². The average molecular weight is 580 g/mol. The van der Waals surface area contributed by atoms with E-state index in [-0.39, 0.29) is 15.7 Å². The van der Waals surface area contributed by atoms with Crippen LogP contribution >= 0.6 is 0 Å². The maximum atomic E-state index is 13.7. The summed E-state index contributed by atoms with van der Waals surface area (Å²) in [7, 11) is -8.05. The van der Waals surface area contributed by atoms with Crippen LogP contribution in [0.4, 0.5) is 17.3 Å². The summed E-state index contributed by atoms with van der Waals surface area (Å²) >= 11 is 0. The number of nitrogens with one attached hydrogen (secondary N) is 2. The number of rotatable bonds is 9. The summed E-state index contributed by atoms with van der Waals surface area (Å²) < 4.78 is 56.2. The molecule has 0 aliphatic heterocycles. The summed E-state index contributed by atoms with van der Waals surface area (Å²) in [6, 6.07) is 18.9. The third-order valence-electron chi connectivity index (χ3n) is 6.00. The van der Waals surface area contributed by atoms with Crippen LogP contribution in [0.25, 0.3) is 0 Å². The summed E-state index contributed by atoms with van der Waals surface area (Å²) in [5.74, 6) is -0.655. The van der Waals surface area contributed by atoms with Gasteiger partial charge in [-0.05, 0) is 87.4 Å². The van der Waals surface area contributed by atoms with Crippen molar-refractivity contribution in [3.05, 3.63) is 101 Å². The summed E-state index contributed by atoms with van der Waals surface area (Å²) in [6.07, 6.45) is 1.44. The molecule has 0 aliphatic carbocycles. The predicted molar refractivity (Wildman–Crippen MR) is 154 cm³/mol. The quantitative estimate of drug-likeness (QED) is 0.301. The number of carbonyl (C=O) groups is 1. The zero-order valence-electron chi connectivity index (χ0n) is 22.4. The molecule has 40 heavy (non-hydrogen) atoms. The number of hydrogen-bond donors (Lipinski definition) is 2. The van der Waals surface area contributed by atoms with Gasteiger partial charge in [-0.25, -0.2) is 31.5 Å². The molecule has 10 nitrogen and oxygen atoms in total. The van der Waals surface area contributed by atoms with E-state index in [0.717, 1.165) is 15.4 Å². The molecule has 1 aromatic heterocycles. The maximum Gasteiger partial charge on any atom is 0.264 e. The van der Waals surface area contributed by atoms with Crippen molar-refractivity contribution in [3.63, 3.8) is 0 Å². The Balaban J connectivity index is 1.56. The van der Waals surface area contributed by atoms with Gasteiger partial charge in [-0.1, -0.05) is 29.8 Å². The van der Waals surface area contributed by atoms with Gasteiger partial charge in [0.15, 0.2) is 0 Å². The Morgan fingerprint density at radius 1 is 0.800 bits per heavy atom. The van der Waals surface area contributed by atoms with Crippen molar-refractivity contribution in [3.8, 4) is 0 Å². The number of aryl methyl sites for hydroxylation is 4. The third-order valence-corrected chi connectivity index (χ3v) is 9.12. The van der Waals surface area contributed by atoms with Crippen LogP contribution in [0.1, 0.15) is 22.4 Å².